The molecule has 0 N–H and O–H groups in total. The van der Waals surface area contributed by atoms with Crippen LogP contribution in [0.1, 0.15) is 64.2 Å². The molecule has 2 rings (SSSR count). The van der Waals surface area contributed by atoms with Gasteiger partial charge in [-0.25, -0.2) is 0 Å². The van der Waals surface area contributed by atoms with Crippen LogP contribution in [-0.2, 0) is 0 Å². The van der Waals surface area contributed by atoms with Crippen molar-refractivity contribution in [3.63, 3.8) is 0 Å². The van der Waals surface area contributed by atoms with Gasteiger partial charge in [-0.15, -0.1) is 0 Å². The molecule has 0 saturated heterocycles. The number of alkyl halides is 1. The second kappa shape index (κ2) is 9.87. The number of hydrogen-bond donors (Lipinski definition) is 0. The molecule has 0 bridgehead atoms. The van der Waals surface area contributed by atoms with E-state index in [0.717, 1.165) is 4.82 Å². The van der Waals surface area contributed by atoms with Gasteiger partial charge in [0.25, 0.3) is 0 Å². The van der Waals surface area contributed by atoms with Crippen LogP contribution in [0.4, 0.5) is 0 Å². The van der Waals surface area contributed by atoms with Crippen LogP contribution in [0.5, 0.6) is 0 Å². The Morgan fingerprint density at radius 3 is 1.95 bits per heavy atom. The number of benzene rings is 1. The van der Waals surface area contributed by atoms with E-state index < -0.39 is 0 Å². The van der Waals surface area contributed by atoms with Gasteiger partial charge in [0.05, 0.1) is 0 Å². The first kappa shape index (κ1) is 16.4. The van der Waals surface area contributed by atoms with Crippen molar-refractivity contribution in [1.82, 2.24) is 0 Å². The fourth-order valence-corrected chi connectivity index (χ4v) is 6.05. The Morgan fingerprint density at radius 2 is 1.30 bits per heavy atom. The van der Waals surface area contributed by atoms with Gasteiger partial charge in [-0.05, 0) is 0 Å². The SMILES string of the molecule is ClC1CCCCCCCCCCC1[Se]c1ccccc1. The maximum atomic E-state index is 6.75. The zero-order valence-electron chi connectivity index (χ0n) is 12.4. The predicted octanol–water partition coefficient (Wildman–Crippen LogP) is 5.33. The molecule has 0 nitrogen and oxygen atoms in total. The van der Waals surface area contributed by atoms with Crippen molar-refractivity contribution >= 4 is 31.0 Å². The van der Waals surface area contributed by atoms with Gasteiger partial charge >= 0.3 is 136 Å². The fourth-order valence-electron chi connectivity index (χ4n) is 2.92. The van der Waals surface area contributed by atoms with Crippen molar-refractivity contribution in [3.8, 4) is 0 Å². The van der Waals surface area contributed by atoms with E-state index in [1.807, 2.05) is 0 Å². The molecule has 0 amide bonds. The van der Waals surface area contributed by atoms with Crippen LogP contribution < -0.4 is 4.46 Å². The molecule has 1 aromatic carbocycles. The Kier molecular flexibility index (Phi) is 8.10. The van der Waals surface area contributed by atoms with Crippen LogP contribution in [-0.4, -0.2) is 20.3 Å². The first-order valence-electron chi connectivity index (χ1n) is 8.22. The first-order chi connectivity index (χ1) is 9.86. The average molecular weight is 358 g/mol. The van der Waals surface area contributed by atoms with E-state index in [1.54, 1.807) is 0 Å². The monoisotopic (exact) mass is 358 g/mol. The Balaban J connectivity index is 1.90. The summed E-state index contributed by atoms with van der Waals surface area (Å²) < 4.78 is 1.52. The van der Waals surface area contributed by atoms with Crippen LogP contribution in [0.3, 0.4) is 0 Å². The van der Waals surface area contributed by atoms with Gasteiger partial charge < -0.3 is 0 Å². The molecule has 20 heavy (non-hydrogen) atoms. The van der Waals surface area contributed by atoms with Crippen LogP contribution >= 0.6 is 11.6 Å². The number of hydrogen-bond acceptors (Lipinski definition) is 0. The minimum absolute atomic E-state index is 0.398. The van der Waals surface area contributed by atoms with E-state index in [2.05, 4.69) is 30.3 Å². The Morgan fingerprint density at radius 1 is 0.750 bits per heavy atom. The number of halogens is 1. The Hall–Kier alpha value is 0.0295. The Labute approximate surface area is 135 Å². The van der Waals surface area contributed by atoms with Gasteiger partial charge in [0.2, 0.25) is 0 Å². The summed E-state index contributed by atoms with van der Waals surface area (Å²) in [7, 11) is 0. The predicted molar refractivity (Wildman–Crippen MR) is 91.4 cm³/mol. The molecule has 0 aromatic heterocycles. The normalized spacial score (nSPS) is 26.4. The molecule has 1 aliphatic carbocycles. The third-order valence-electron chi connectivity index (χ3n) is 4.15. The Bertz CT molecular complexity index is 352. The van der Waals surface area contributed by atoms with Gasteiger partial charge in [-0.1, -0.05) is 0 Å². The summed E-state index contributed by atoms with van der Waals surface area (Å²) in [4.78, 5) is 0.728. The topological polar surface area (TPSA) is 0 Å². The summed E-state index contributed by atoms with van der Waals surface area (Å²) in [5, 5.41) is 0.398. The van der Waals surface area contributed by atoms with Crippen molar-refractivity contribution < 1.29 is 0 Å². The van der Waals surface area contributed by atoms with Crippen molar-refractivity contribution in [3.05, 3.63) is 30.3 Å². The van der Waals surface area contributed by atoms with Gasteiger partial charge in [0, 0.05) is 0 Å². The minimum atomic E-state index is 0.398. The molecule has 1 saturated carbocycles. The molecular formula is C18H27ClSe. The molecule has 1 aliphatic rings. The third-order valence-corrected chi connectivity index (χ3v) is 7.97. The van der Waals surface area contributed by atoms with E-state index >= 15 is 0 Å². The molecule has 2 unspecified atom stereocenters. The summed E-state index contributed by atoms with van der Waals surface area (Å²) in [5.74, 6) is 0. The first-order valence-corrected chi connectivity index (χ1v) is 10.5. The van der Waals surface area contributed by atoms with Crippen LogP contribution in [0.25, 0.3) is 0 Å². The molecule has 1 fully saturated rings. The van der Waals surface area contributed by atoms with Crippen molar-refractivity contribution in [2.45, 2.75) is 74.4 Å². The quantitative estimate of drug-likeness (QED) is 0.496. The molecular weight excluding hydrogens is 331 g/mol. The zero-order chi connectivity index (χ0) is 14.0. The van der Waals surface area contributed by atoms with Crippen molar-refractivity contribution in [2.75, 3.05) is 0 Å². The van der Waals surface area contributed by atoms with Crippen LogP contribution in [0.2, 0.25) is 4.82 Å². The van der Waals surface area contributed by atoms with Gasteiger partial charge in [-0.3, -0.25) is 0 Å². The van der Waals surface area contributed by atoms with E-state index in [4.69, 9.17) is 11.6 Å². The van der Waals surface area contributed by atoms with Gasteiger partial charge in [0.15, 0.2) is 0 Å². The van der Waals surface area contributed by atoms with Gasteiger partial charge in [-0.2, -0.15) is 0 Å². The summed E-state index contributed by atoms with van der Waals surface area (Å²) in [6, 6.07) is 11.0. The van der Waals surface area contributed by atoms with E-state index in [1.165, 1.54) is 68.7 Å². The molecule has 2 atom stereocenters. The molecule has 1 aromatic rings. The van der Waals surface area contributed by atoms with E-state index in [9.17, 15) is 0 Å². The summed E-state index contributed by atoms with van der Waals surface area (Å²) >= 11 is 7.28. The summed E-state index contributed by atoms with van der Waals surface area (Å²) in [6.45, 7) is 0. The number of rotatable bonds is 2. The molecule has 0 spiro atoms. The van der Waals surface area contributed by atoms with Crippen molar-refractivity contribution in [1.29, 1.82) is 0 Å². The van der Waals surface area contributed by atoms with Crippen molar-refractivity contribution in [2.24, 2.45) is 0 Å². The van der Waals surface area contributed by atoms with Crippen LogP contribution in [0, 0.1) is 0 Å². The zero-order valence-corrected chi connectivity index (χ0v) is 14.9. The molecule has 112 valence electrons. The second-order valence-electron chi connectivity index (χ2n) is 5.89. The fraction of sp³-hybridized carbons (Fsp3) is 0.667. The second-order valence-corrected chi connectivity index (χ2v) is 9.21. The molecule has 0 aliphatic heterocycles. The molecule has 0 heterocycles. The van der Waals surface area contributed by atoms with E-state index in [-0.39, 0.29) is 0 Å². The summed E-state index contributed by atoms with van der Waals surface area (Å²) in [6.07, 6.45) is 13.8. The molecule has 2 heteroatoms. The molecule has 0 radical (unpaired) electrons. The van der Waals surface area contributed by atoms with E-state index in [0.29, 0.717) is 20.3 Å². The standard InChI is InChI=1S/C18H27ClSe/c19-17-14-10-5-3-1-2-4-6-11-15-18(17)20-16-12-8-7-9-13-16/h7-9,12-13,17-18H,1-6,10-11,14-15H2. The average Bonchev–Trinajstić information content (AvgIpc) is 2.47. The van der Waals surface area contributed by atoms with Crippen LogP contribution in [0.15, 0.2) is 30.3 Å². The summed E-state index contributed by atoms with van der Waals surface area (Å²) in [5.41, 5.74) is 0. The van der Waals surface area contributed by atoms with Gasteiger partial charge in [0.1, 0.15) is 0 Å². The maximum absolute atomic E-state index is 6.75. The third kappa shape index (κ3) is 6.20.